The molecule has 0 radical (unpaired) electrons. The zero-order valence-electron chi connectivity index (χ0n) is 12.1. The van der Waals surface area contributed by atoms with Crippen molar-refractivity contribution in [2.24, 2.45) is 0 Å². The smallest absolute Gasteiger partial charge is 0.275 e. The molecule has 0 saturated heterocycles. The molecule has 1 N–H and O–H groups in total. The minimum Gasteiger partial charge on any atom is -0.319 e. The SMILES string of the molecule is O=C(Nc1cccc2cccnc12)c1ncnc2ccccc12. The van der Waals surface area contributed by atoms with E-state index in [2.05, 4.69) is 20.3 Å². The van der Waals surface area contributed by atoms with Crippen LogP contribution in [0.2, 0.25) is 0 Å². The lowest BCUT2D eigenvalue weighted by Crippen LogP contribution is -2.15. The van der Waals surface area contributed by atoms with E-state index in [9.17, 15) is 4.79 Å². The van der Waals surface area contributed by atoms with Crippen molar-refractivity contribution in [2.45, 2.75) is 0 Å². The Morgan fingerprint density at radius 1 is 0.870 bits per heavy atom. The highest BCUT2D eigenvalue weighted by Crippen LogP contribution is 2.22. The summed E-state index contributed by atoms with van der Waals surface area (Å²) in [4.78, 5) is 25.3. The monoisotopic (exact) mass is 300 g/mol. The number of aromatic nitrogens is 3. The lowest BCUT2D eigenvalue weighted by molar-refractivity contribution is 0.102. The molecule has 0 spiro atoms. The van der Waals surface area contributed by atoms with Gasteiger partial charge in [-0.25, -0.2) is 9.97 Å². The second-order valence-electron chi connectivity index (χ2n) is 5.07. The van der Waals surface area contributed by atoms with E-state index in [1.54, 1.807) is 6.20 Å². The highest BCUT2D eigenvalue weighted by Gasteiger charge is 2.13. The van der Waals surface area contributed by atoms with Crippen LogP contribution in [0.15, 0.2) is 67.1 Å². The molecular formula is C18H12N4O. The Hall–Kier alpha value is -3.34. The van der Waals surface area contributed by atoms with Gasteiger partial charge in [0.15, 0.2) is 0 Å². The molecule has 0 aliphatic rings. The predicted molar refractivity (Wildman–Crippen MR) is 89.2 cm³/mol. The Morgan fingerprint density at radius 2 is 1.74 bits per heavy atom. The number of hydrogen-bond acceptors (Lipinski definition) is 4. The van der Waals surface area contributed by atoms with E-state index < -0.39 is 0 Å². The van der Waals surface area contributed by atoms with Crippen LogP contribution >= 0.6 is 0 Å². The Balaban J connectivity index is 1.77. The summed E-state index contributed by atoms with van der Waals surface area (Å²) < 4.78 is 0. The van der Waals surface area contributed by atoms with E-state index in [1.165, 1.54) is 6.33 Å². The van der Waals surface area contributed by atoms with Crippen molar-refractivity contribution in [1.82, 2.24) is 15.0 Å². The number of benzene rings is 2. The maximum Gasteiger partial charge on any atom is 0.275 e. The van der Waals surface area contributed by atoms with Gasteiger partial charge in [-0.05, 0) is 18.2 Å². The maximum absolute atomic E-state index is 12.6. The highest BCUT2D eigenvalue weighted by molar-refractivity contribution is 6.12. The second kappa shape index (κ2) is 5.46. The number of para-hydroxylation sites is 2. The number of nitrogens with zero attached hydrogens (tertiary/aromatic N) is 3. The molecule has 4 aromatic rings. The number of pyridine rings is 1. The third-order valence-corrected chi connectivity index (χ3v) is 3.64. The number of carbonyl (C=O) groups excluding carboxylic acids is 1. The molecule has 0 atom stereocenters. The van der Waals surface area contributed by atoms with Crippen molar-refractivity contribution in [1.29, 1.82) is 0 Å². The van der Waals surface area contributed by atoms with Crippen LogP contribution in [0.4, 0.5) is 5.69 Å². The third kappa shape index (κ3) is 2.38. The van der Waals surface area contributed by atoms with Gasteiger partial charge in [-0.2, -0.15) is 0 Å². The molecule has 4 rings (SSSR count). The van der Waals surface area contributed by atoms with Gasteiger partial charge in [0.2, 0.25) is 0 Å². The zero-order valence-corrected chi connectivity index (χ0v) is 12.1. The van der Waals surface area contributed by atoms with Crippen molar-refractivity contribution in [3.8, 4) is 0 Å². The van der Waals surface area contributed by atoms with Gasteiger partial charge in [-0.3, -0.25) is 9.78 Å². The number of fused-ring (bicyclic) bond motifs is 2. The molecule has 110 valence electrons. The van der Waals surface area contributed by atoms with Crippen molar-refractivity contribution in [3.05, 3.63) is 72.8 Å². The molecule has 0 saturated carbocycles. The number of carbonyl (C=O) groups is 1. The van der Waals surface area contributed by atoms with Crippen molar-refractivity contribution in [3.63, 3.8) is 0 Å². The van der Waals surface area contributed by atoms with Gasteiger partial charge in [0.1, 0.15) is 12.0 Å². The molecule has 2 aromatic heterocycles. The molecule has 2 heterocycles. The Labute approximate surface area is 132 Å². The number of anilines is 1. The van der Waals surface area contributed by atoms with Gasteiger partial charge in [-0.1, -0.05) is 36.4 Å². The summed E-state index contributed by atoms with van der Waals surface area (Å²) in [6.07, 6.45) is 3.11. The van der Waals surface area contributed by atoms with Crippen molar-refractivity contribution < 1.29 is 4.79 Å². The highest BCUT2D eigenvalue weighted by atomic mass is 16.1. The van der Waals surface area contributed by atoms with Gasteiger partial charge in [0, 0.05) is 17.0 Å². The van der Waals surface area contributed by atoms with E-state index in [1.807, 2.05) is 54.6 Å². The van der Waals surface area contributed by atoms with E-state index in [4.69, 9.17) is 0 Å². The summed E-state index contributed by atoms with van der Waals surface area (Å²) in [6.45, 7) is 0. The standard InChI is InChI=1S/C18H12N4O/c23-18(17-13-7-1-2-8-14(13)20-11-21-17)22-15-9-3-5-12-6-4-10-19-16(12)15/h1-11H,(H,22,23). The summed E-state index contributed by atoms with van der Waals surface area (Å²) in [7, 11) is 0. The first-order valence-electron chi connectivity index (χ1n) is 7.18. The van der Waals surface area contributed by atoms with E-state index in [0.29, 0.717) is 11.4 Å². The van der Waals surface area contributed by atoms with Crippen LogP contribution < -0.4 is 5.32 Å². The van der Waals surface area contributed by atoms with Crippen LogP contribution in [-0.4, -0.2) is 20.9 Å². The van der Waals surface area contributed by atoms with Gasteiger partial charge in [0.25, 0.3) is 5.91 Å². The summed E-state index contributed by atoms with van der Waals surface area (Å²) in [5.41, 5.74) is 2.50. The number of nitrogens with one attached hydrogen (secondary N) is 1. The van der Waals surface area contributed by atoms with Crippen LogP contribution in [0, 0.1) is 0 Å². The van der Waals surface area contributed by atoms with Gasteiger partial charge >= 0.3 is 0 Å². The third-order valence-electron chi connectivity index (χ3n) is 3.64. The number of rotatable bonds is 2. The fourth-order valence-electron chi connectivity index (χ4n) is 2.57. The molecule has 0 aliphatic heterocycles. The lowest BCUT2D eigenvalue weighted by atomic mass is 10.1. The molecule has 0 fully saturated rings. The average Bonchev–Trinajstić information content (AvgIpc) is 2.61. The van der Waals surface area contributed by atoms with Crippen molar-refractivity contribution >= 4 is 33.4 Å². The lowest BCUT2D eigenvalue weighted by Gasteiger charge is -2.08. The van der Waals surface area contributed by atoms with Gasteiger partial charge in [-0.15, -0.1) is 0 Å². The molecule has 2 aromatic carbocycles. The normalized spacial score (nSPS) is 10.8. The van der Waals surface area contributed by atoms with E-state index in [-0.39, 0.29) is 5.91 Å². The largest absolute Gasteiger partial charge is 0.319 e. The minimum absolute atomic E-state index is 0.276. The van der Waals surface area contributed by atoms with Crippen LogP contribution in [0.5, 0.6) is 0 Å². The fourth-order valence-corrected chi connectivity index (χ4v) is 2.57. The summed E-state index contributed by atoms with van der Waals surface area (Å²) in [6, 6.07) is 16.9. The molecule has 5 nitrogen and oxygen atoms in total. The maximum atomic E-state index is 12.6. The van der Waals surface area contributed by atoms with Gasteiger partial charge in [0.05, 0.1) is 16.7 Å². The molecule has 5 heteroatoms. The first-order valence-corrected chi connectivity index (χ1v) is 7.18. The summed E-state index contributed by atoms with van der Waals surface area (Å²) >= 11 is 0. The minimum atomic E-state index is -0.276. The quantitative estimate of drug-likeness (QED) is 0.616. The second-order valence-corrected chi connectivity index (χ2v) is 5.07. The van der Waals surface area contributed by atoms with E-state index in [0.717, 1.165) is 21.8 Å². The summed E-state index contributed by atoms with van der Waals surface area (Å²) in [5.74, 6) is -0.276. The predicted octanol–water partition coefficient (Wildman–Crippen LogP) is 3.43. The fraction of sp³-hybridized carbons (Fsp3) is 0. The van der Waals surface area contributed by atoms with Gasteiger partial charge < -0.3 is 5.32 Å². The van der Waals surface area contributed by atoms with Crippen LogP contribution in [0.25, 0.3) is 21.8 Å². The molecule has 0 bridgehead atoms. The Bertz CT molecular complexity index is 1020. The summed E-state index contributed by atoms with van der Waals surface area (Å²) in [5, 5.41) is 4.59. The van der Waals surface area contributed by atoms with E-state index >= 15 is 0 Å². The topological polar surface area (TPSA) is 67.8 Å². The zero-order chi connectivity index (χ0) is 15.6. The van der Waals surface area contributed by atoms with Crippen LogP contribution in [0.1, 0.15) is 10.5 Å². The van der Waals surface area contributed by atoms with Crippen LogP contribution in [0.3, 0.4) is 0 Å². The molecule has 0 unspecified atom stereocenters. The molecule has 1 amide bonds. The Morgan fingerprint density at radius 3 is 2.70 bits per heavy atom. The first kappa shape index (κ1) is 13.3. The molecule has 23 heavy (non-hydrogen) atoms. The molecular weight excluding hydrogens is 288 g/mol. The Kier molecular flexibility index (Phi) is 3.16. The number of hydrogen-bond donors (Lipinski definition) is 1. The molecule has 0 aliphatic carbocycles. The first-order chi connectivity index (χ1) is 11.3. The van der Waals surface area contributed by atoms with Crippen LogP contribution in [-0.2, 0) is 0 Å². The van der Waals surface area contributed by atoms with Crippen molar-refractivity contribution in [2.75, 3.05) is 5.32 Å². The average molecular weight is 300 g/mol. The number of amides is 1.